The summed E-state index contributed by atoms with van der Waals surface area (Å²) in [5, 5.41) is 6.73. The monoisotopic (exact) mass is 275 g/mol. The normalized spacial score (nSPS) is 10.8. The van der Waals surface area contributed by atoms with Crippen molar-refractivity contribution in [3.8, 4) is 10.7 Å². The predicted molar refractivity (Wildman–Crippen MR) is 77.4 cm³/mol. The molecule has 3 rings (SSSR count). The summed E-state index contributed by atoms with van der Waals surface area (Å²) in [7, 11) is 1.85. The van der Waals surface area contributed by atoms with Crippen LogP contribution in [0.5, 0.6) is 0 Å². The van der Waals surface area contributed by atoms with Crippen molar-refractivity contribution in [1.82, 2.24) is 9.97 Å². The van der Waals surface area contributed by atoms with Crippen molar-refractivity contribution < 1.29 is 0 Å². The van der Waals surface area contributed by atoms with Gasteiger partial charge in [0.2, 0.25) is 0 Å². The molecule has 90 valence electrons. The van der Waals surface area contributed by atoms with Crippen LogP contribution in [-0.4, -0.2) is 17.0 Å². The molecule has 0 bridgehead atoms. The average Bonchev–Trinajstić information content (AvgIpc) is 2.91. The Morgan fingerprint density at radius 3 is 2.83 bits per heavy atom. The van der Waals surface area contributed by atoms with E-state index in [0.717, 1.165) is 27.4 Å². The van der Waals surface area contributed by atoms with Crippen LogP contribution in [-0.2, 0) is 0 Å². The Morgan fingerprint density at radius 1 is 1.22 bits per heavy atom. The summed E-state index contributed by atoms with van der Waals surface area (Å²) >= 11 is 7.63. The van der Waals surface area contributed by atoms with Crippen LogP contribution in [0.15, 0.2) is 35.7 Å². The third kappa shape index (κ3) is 1.94. The van der Waals surface area contributed by atoms with Crippen molar-refractivity contribution in [2.45, 2.75) is 0 Å². The third-order valence-corrected chi connectivity index (χ3v) is 3.74. The largest absolute Gasteiger partial charge is 0.373 e. The molecule has 0 fully saturated rings. The third-order valence-electron chi connectivity index (χ3n) is 2.64. The molecule has 18 heavy (non-hydrogen) atoms. The van der Waals surface area contributed by atoms with E-state index in [-0.39, 0.29) is 0 Å². The van der Waals surface area contributed by atoms with E-state index in [1.807, 2.05) is 42.8 Å². The summed E-state index contributed by atoms with van der Waals surface area (Å²) in [6, 6.07) is 9.64. The number of anilines is 1. The quantitative estimate of drug-likeness (QED) is 0.767. The van der Waals surface area contributed by atoms with Crippen LogP contribution in [0.3, 0.4) is 0 Å². The average molecular weight is 276 g/mol. The first-order valence-electron chi connectivity index (χ1n) is 5.47. The molecule has 0 unspecified atom stereocenters. The lowest BCUT2D eigenvalue weighted by molar-refractivity contribution is 1.22. The summed E-state index contributed by atoms with van der Waals surface area (Å²) in [6.45, 7) is 0. The molecule has 3 nitrogen and oxygen atoms in total. The van der Waals surface area contributed by atoms with Crippen LogP contribution in [0.1, 0.15) is 0 Å². The first-order chi connectivity index (χ1) is 8.78. The molecule has 1 aromatic carbocycles. The molecule has 0 saturated heterocycles. The molecule has 0 spiro atoms. The molecule has 0 saturated carbocycles. The van der Waals surface area contributed by atoms with E-state index in [2.05, 4.69) is 15.3 Å². The number of nitrogens with zero attached hydrogens (tertiary/aromatic N) is 2. The standard InChI is InChI=1S/C13H10ClN3S/c1-15-12-9-7-8(14)4-5-10(9)16-13(17-12)11-3-2-6-18-11/h2-7H,1H3,(H,15,16,17). The first-order valence-corrected chi connectivity index (χ1v) is 6.72. The Bertz CT molecular complexity index is 695. The minimum Gasteiger partial charge on any atom is -0.373 e. The Balaban J connectivity index is 2.28. The first kappa shape index (κ1) is 11.4. The van der Waals surface area contributed by atoms with Gasteiger partial charge in [0, 0.05) is 17.5 Å². The second kappa shape index (κ2) is 4.55. The number of nitrogens with one attached hydrogen (secondary N) is 1. The van der Waals surface area contributed by atoms with Crippen molar-refractivity contribution in [1.29, 1.82) is 0 Å². The number of aromatic nitrogens is 2. The van der Waals surface area contributed by atoms with Gasteiger partial charge >= 0.3 is 0 Å². The van der Waals surface area contributed by atoms with E-state index in [1.165, 1.54) is 0 Å². The molecule has 0 radical (unpaired) electrons. The van der Waals surface area contributed by atoms with Crippen molar-refractivity contribution >= 4 is 39.7 Å². The zero-order valence-corrected chi connectivity index (χ0v) is 11.2. The van der Waals surface area contributed by atoms with Gasteiger partial charge in [0.1, 0.15) is 5.82 Å². The van der Waals surface area contributed by atoms with Crippen LogP contribution in [0.4, 0.5) is 5.82 Å². The van der Waals surface area contributed by atoms with Crippen molar-refractivity contribution in [2.24, 2.45) is 0 Å². The minimum atomic E-state index is 0.687. The van der Waals surface area contributed by atoms with Gasteiger partial charge in [-0.1, -0.05) is 17.7 Å². The number of hydrogen-bond acceptors (Lipinski definition) is 4. The number of hydrogen-bond donors (Lipinski definition) is 1. The maximum absolute atomic E-state index is 6.01. The van der Waals surface area contributed by atoms with Gasteiger partial charge in [0.15, 0.2) is 5.82 Å². The number of benzene rings is 1. The highest BCUT2D eigenvalue weighted by atomic mass is 35.5. The van der Waals surface area contributed by atoms with E-state index in [1.54, 1.807) is 11.3 Å². The topological polar surface area (TPSA) is 37.8 Å². The summed E-state index contributed by atoms with van der Waals surface area (Å²) in [5.74, 6) is 1.54. The lowest BCUT2D eigenvalue weighted by atomic mass is 10.2. The smallest absolute Gasteiger partial charge is 0.172 e. The number of thiophene rings is 1. The Kier molecular flexibility index (Phi) is 2.89. The van der Waals surface area contributed by atoms with Crippen molar-refractivity contribution in [3.05, 3.63) is 40.7 Å². The molecule has 2 heterocycles. The molecule has 5 heteroatoms. The SMILES string of the molecule is CNc1nc(-c2cccs2)nc2ccc(Cl)cc12. The van der Waals surface area contributed by atoms with Crippen molar-refractivity contribution in [3.63, 3.8) is 0 Å². The van der Waals surface area contributed by atoms with Crippen LogP contribution >= 0.6 is 22.9 Å². The number of halogens is 1. The van der Waals surface area contributed by atoms with E-state index in [4.69, 9.17) is 11.6 Å². The van der Waals surface area contributed by atoms with Gasteiger partial charge in [0.25, 0.3) is 0 Å². The molecule has 0 aliphatic heterocycles. The lowest BCUT2D eigenvalue weighted by Crippen LogP contribution is -1.97. The molecule has 0 atom stereocenters. The van der Waals surface area contributed by atoms with E-state index < -0.39 is 0 Å². The van der Waals surface area contributed by atoms with Crippen LogP contribution in [0, 0.1) is 0 Å². The fourth-order valence-corrected chi connectivity index (χ4v) is 2.64. The molecular formula is C13H10ClN3S. The van der Waals surface area contributed by atoms with E-state index >= 15 is 0 Å². The molecule has 1 N–H and O–H groups in total. The van der Waals surface area contributed by atoms with Gasteiger partial charge < -0.3 is 5.32 Å². The van der Waals surface area contributed by atoms with Gasteiger partial charge in [-0.05, 0) is 29.6 Å². The van der Waals surface area contributed by atoms with Crippen molar-refractivity contribution in [2.75, 3.05) is 12.4 Å². The molecular weight excluding hydrogens is 266 g/mol. The highest BCUT2D eigenvalue weighted by Gasteiger charge is 2.09. The summed E-state index contributed by atoms with van der Waals surface area (Å²) < 4.78 is 0. The van der Waals surface area contributed by atoms with Crippen LogP contribution in [0.25, 0.3) is 21.6 Å². The Hall–Kier alpha value is -1.65. The van der Waals surface area contributed by atoms with Crippen LogP contribution < -0.4 is 5.32 Å². The van der Waals surface area contributed by atoms with Crippen LogP contribution in [0.2, 0.25) is 5.02 Å². The fourth-order valence-electron chi connectivity index (χ4n) is 1.81. The van der Waals surface area contributed by atoms with Gasteiger partial charge in [-0.3, -0.25) is 0 Å². The zero-order chi connectivity index (χ0) is 12.5. The molecule has 0 aliphatic carbocycles. The summed E-state index contributed by atoms with van der Waals surface area (Å²) in [6.07, 6.45) is 0. The Labute approximate surface area is 113 Å². The second-order valence-electron chi connectivity index (χ2n) is 3.78. The van der Waals surface area contributed by atoms with Gasteiger partial charge in [0.05, 0.1) is 10.4 Å². The maximum Gasteiger partial charge on any atom is 0.172 e. The molecule has 0 aliphatic rings. The Morgan fingerprint density at radius 2 is 2.11 bits per heavy atom. The minimum absolute atomic E-state index is 0.687. The molecule has 3 aromatic rings. The van der Waals surface area contributed by atoms with E-state index in [9.17, 15) is 0 Å². The highest BCUT2D eigenvalue weighted by molar-refractivity contribution is 7.13. The van der Waals surface area contributed by atoms with Gasteiger partial charge in [-0.2, -0.15) is 0 Å². The highest BCUT2D eigenvalue weighted by Crippen LogP contribution is 2.28. The predicted octanol–water partition coefficient (Wildman–Crippen LogP) is 4.05. The molecule has 0 amide bonds. The van der Waals surface area contributed by atoms with Gasteiger partial charge in [-0.25, -0.2) is 9.97 Å². The lowest BCUT2D eigenvalue weighted by Gasteiger charge is -2.07. The maximum atomic E-state index is 6.01. The number of rotatable bonds is 2. The summed E-state index contributed by atoms with van der Waals surface area (Å²) in [5.41, 5.74) is 0.891. The zero-order valence-electron chi connectivity index (χ0n) is 9.64. The second-order valence-corrected chi connectivity index (χ2v) is 5.17. The van der Waals surface area contributed by atoms with Gasteiger partial charge in [-0.15, -0.1) is 11.3 Å². The fraction of sp³-hybridized carbons (Fsp3) is 0.0769. The molecule has 2 aromatic heterocycles. The number of fused-ring (bicyclic) bond motifs is 1. The van der Waals surface area contributed by atoms with E-state index in [0.29, 0.717) is 5.02 Å². The summed E-state index contributed by atoms with van der Waals surface area (Å²) in [4.78, 5) is 10.2.